The van der Waals surface area contributed by atoms with E-state index >= 15 is 0 Å². The van der Waals surface area contributed by atoms with Gasteiger partial charge in [-0.1, -0.05) is 12.1 Å². The lowest BCUT2D eigenvalue weighted by molar-refractivity contribution is 0.0989. The van der Waals surface area contributed by atoms with E-state index in [2.05, 4.69) is 4.72 Å². The normalized spacial score (nSPS) is 13.1. The maximum Gasteiger partial charge on any atom is 0.258 e. The number of fused-ring (bicyclic) bond motifs is 1. The molecule has 0 saturated heterocycles. The number of anilines is 1. The second-order valence-corrected chi connectivity index (χ2v) is 9.17. The number of halogens is 1. The Kier molecular flexibility index (Phi) is 6.25. The molecule has 0 spiro atoms. The molecule has 0 atom stereocenters. The molecule has 1 amide bonds. The Morgan fingerprint density at radius 3 is 2.47 bits per heavy atom. The number of hydrogen-bond donors (Lipinski definition) is 1. The summed E-state index contributed by atoms with van der Waals surface area (Å²) in [6.07, 6.45) is 0.668. The van der Waals surface area contributed by atoms with Crippen molar-refractivity contribution in [2.24, 2.45) is 0 Å². The quantitative estimate of drug-likeness (QED) is 0.588. The van der Waals surface area contributed by atoms with Crippen LogP contribution in [0.1, 0.15) is 28.4 Å². The lowest BCUT2D eigenvalue weighted by atomic mass is 10.1. The molecule has 1 N–H and O–H groups in total. The Hall–Kier alpha value is -3.23. The van der Waals surface area contributed by atoms with Crippen LogP contribution in [0.4, 0.5) is 10.1 Å². The molecule has 0 aromatic heterocycles. The summed E-state index contributed by atoms with van der Waals surface area (Å²) >= 11 is 0. The third kappa shape index (κ3) is 4.66. The van der Waals surface area contributed by atoms with Crippen LogP contribution in [0.3, 0.4) is 0 Å². The third-order valence-electron chi connectivity index (χ3n) is 5.29. The second-order valence-electron chi connectivity index (χ2n) is 7.41. The number of nitrogens with one attached hydrogen (secondary N) is 1. The van der Waals surface area contributed by atoms with Gasteiger partial charge in [-0.25, -0.2) is 17.5 Å². The highest BCUT2D eigenvalue weighted by Crippen LogP contribution is 2.30. The molecule has 166 valence electrons. The first-order valence-electron chi connectivity index (χ1n) is 10.3. The summed E-state index contributed by atoms with van der Waals surface area (Å²) in [6.45, 7) is 3.03. The first-order valence-corrected chi connectivity index (χ1v) is 11.8. The average Bonchev–Trinajstić information content (AvgIpc) is 3.22. The van der Waals surface area contributed by atoms with Gasteiger partial charge in [0, 0.05) is 24.3 Å². The van der Waals surface area contributed by atoms with Crippen molar-refractivity contribution >= 4 is 21.6 Å². The Morgan fingerprint density at radius 2 is 1.78 bits per heavy atom. The monoisotopic (exact) mass is 454 g/mol. The van der Waals surface area contributed by atoms with Crippen molar-refractivity contribution in [3.05, 3.63) is 89.2 Å². The minimum Gasteiger partial charge on any atom is -0.494 e. The van der Waals surface area contributed by atoms with Crippen molar-refractivity contribution in [2.75, 3.05) is 18.1 Å². The summed E-state index contributed by atoms with van der Waals surface area (Å²) in [6, 6.07) is 17.3. The third-order valence-corrected chi connectivity index (χ3v) is 6.70. The fourth-order valence-electron chi connectivity index (χ4n) is 3.67. The van der Waals surface area contributed by atoms with Crippen molar-refractivity contribution < 1.29 is 22.3 Å². The highest BCUT2D eigenvalue weighted by molar-refractivity contribution is 7.89. The summed E-state index contributed by atoms with van der Waals surface area (Å²) in [5.41, 5.74) is 2.98. The number of carbonyl (C=O) groups excluding carboxylic acids is 1. The smallest absolute Gasteiger partial charge is 0.258 e. The molecule has 0 bridgehead atoms. The van der Waals surface area contributed by atoms with Crippen LogP contribution >= 0.6 is 0 Å². The molecule has 0 saturated carbocycles. The van der Waals surface area contributed by atoms with Crippen molar-refractivity contribution in [3.63, 3.8) is 0 Å². The van der Waals surface area contributed by atoms with E-state index in [1.807, 2.05) is 19.1 Å². The minimum atomic E-state index is -3.67. The van der Waals surface area contributed by atoms with Gasteiger partial charge in [-0.3, -0.25) is 4.79 Å². The van der Waals surface area contributed by atoms with Crippen molar-refractivity contribution in [2.45, 2.75) is 24.8 Å². The summed E-state index contributed by atoms with van der Waals surface area (Å²) in [7, 11) is -3.67. The molecule has 3 aromatic carbocycles. The van der Waals surface area contributed by atoms with Gasteiger partial charge in [0.05, 0.1) is 11.5 Å². The number of rotatable bonds is 7. The topological polar surface area (TPSA) is 75.7 Å². The van der Waals surface area contributed by atoms with E-state index in [0.29, 0.717) is 30.9 Å². The molecule has 0 aliphatic carbocycles. The highest BCUT2D eigenvalue weighted by atomic mass is 32.2. The number of nitrogens with zero attached hydrogens (tertiary/aromatic N) is 1. The van der Waals surface area contributed by atoms with Crippen LogP contribution < -0.4 is 14.4 Å². The standard InChI is InChI=1S/C24H23FN2O4S/c1-2-31-21-8-10-22(11-9-21)32(29,30)26-16-17-3-12-23-19(15-17)13-14-27(23)24(28)18-4-6-20(25)7-5-18/h3-12,15,26H,2,13-14,16H2,1H3. The van der Waals surface area contributed by atoms with E-state index < -0.39 is 10.0 Å². The van der Waals surface area contributed by atoms with Gasteiger partial charge in [-0.2, -0.15) is 0 Å². The average molecular weight is 455 g/mol. The molecule has 8 heteroatoms. The molecule has 3 aromatic rings. The SMILES string of the molecule is CCOc1ccc(S(=O)(=O)NCc2ccc3c(c2)CCN3C(=O)c2ccc(F)cc2)cc1. The largest absolute Gasteiger partial charge is 0.494 e. The predicted octanol–water partition coefficient (Wildman–Crippen LogP) is 3.91. The van der Waals surface area contributed by atoms with Crippen LogP contribution in [0.25, 0.3) is 0 Å². The first-order chi connectivity index (χ1) is 15.4. The summed E-state index contributed by atoms with van der Waals surface area (Å²) in [5.74, 6) is 0.0400. The number of sulfonamides is 1. The van der Waals surface area contributed by atoms with Gasteiger partial charge in [-0.05, 0) is 79.1 Å². The second kappa shape index (κ2) is 9.10. The molecule has 4 rings (SSSR count). The molecule has 1 heterocycles. The van der Waals surface area contributed by atoms with Crippen LogP contribution in [0.2, 0.25) is 0 Å². The molecular formula is C24H23FN2O4S. The van der Waals surface area contributed by atoms with E-state index in [9.17, 15) is 17.6 Å². The molecule has 32 heavy (non-hydrogen) atoms. The van der Waals surface area contributed by atoms with Gasteiger partial charge >= 0.3 is 0 Å². The molecular weight excluding hydrogens is 431 g/mol. The van der Waals surface area contributed by atoms with E-state index in [-0.39, 0.29) is 23.2 Å². The number of ether oxygens (including phenoxy) is 1. The number of amides is 1. The molecule has 0 unspecified atom stereocenters. The maximum absolute atomic E-state index is 13.1. The zero-order chi connectivity index (χ0) is 22.7. The van der Waals surface area contributed by atoms with Crippen molar-refractivity contribution in [1.29, 1.82) is 0 Å². The Morgan fingerprint density at radius 1 is 1.06 bits per heavy atom. The van der Waals surface area contributed by atoms with Gasteiger partial charge in [0.1, 0.15) is 11.6 Å². The Balaban J connectivity index is 1.44. The van der Waals surface area contributed by atoms with Crippen LogP contribution in [0.5, 0.6) is 5.75 Å². The molecule has 0 radical (unpaired) electrons. The fraction of sp³-hybridized carbons (Fsp3) is 0.208. The zero-order valence-corrected chi connectivity index (χ0v) is 18.4. The summed E-state index contributed by atoms with van der Waals surface area (Å²) in [5, 5.41) is 0. The van der Waals surface area contributed by atoms with E-state index in [1.54, 1.807) is 23.1 Å². The van der Waals surface area contributed by atoms with E-state index in [0.717, 1.165) is 16.8 Å². The number of hydrogen-bond acceptors (Lipinski definition) is 4. The first kappa shape index (κ1) is 22.0. The van der Waals surface area contributed by atoms with Gasteiger partial charge in [-0.15, -0.1) is 0 Å². The van der Waals surface area contributed by atoms with Crippen LogP contribution in [-0.2, 0) is 23.0 Å². The highest BCUT2D eigenvalue weighted by Gasteiger charge is 2.26. The minimum absolute atomic E-state index is 0.134. The number of benzene rings is 3. The summed E-state index contributed by atoms with van der Waals surface area (Å²) < 4.78 is 46.3. The Labute approximate surface area is 186 Å². The summed E-state index contributed by atoms with van der Waals surface area (Å²) in [4.78, 5) is 14.6. The Bertz CT molecular complexity index is 1230. The molecule has 0 fully saturated rings. The van der Waals surface area contributed by atoms with E-state index in [4.69, 9.17) is 4.74 Å². The van der Waals surface area contributed by atoms with E-state index in [1.165, 1.54) is 36.4 Å². The lowest BCUT2D eigenvalue weighted by Crippen LogP contribution is -2.28. The van der Waals surface area contributed by atoms with Gasteiger partial charge in [0.2, 0.25) is 10.0 Å². The zero-order valence-electron chi connectivity index (χ0n) is 17.5. The van der Waals surface area contributed by atoms with Gasteiger partial charge in [0.25, 0.3) is 5.91 Å². The molecule has 6 nitrogen and oxygen atoms in total. The molecule has 1 aliphatic heterocycles. The fourth-order valence-corrected chi connectivity index (χ4v) is 4.69. The van der Waals surface area contributed by atoms with Crippen LogP contribution in [0.15, 0.2) is 71.6 Å². The van der Waals surface area contributed by atoms with Crippen LogP contribution in [-0.4, -0.2) is 27.5 Å². The molecule has 1 aliphatic rings. The van der Waals surface area contributed by atoms with Crippen molar-refractivity contribution in [3.8, 4) is 5.75 Å². The maximum atomic E-state index is 13.1. The van der Waals surface area contributed by atoms with Gasteiger partial charge in [0.15, 0.2) is 0 Å². The predicted molar refractivity (Wildman–Crippen MR) is 120 cm³/mol. The lowest BCUT2D eigenvalue weighted by Gasteiger charge is -2.18. The van der Waals surface area contributed by atoms with Crippen molar-refractivity contribution in [1.82, 2.24) is 4.72 Å². The number of carbonyl (C=O) groups is 1. The van der Waals surface area contributed by atoms with Gasteiger partial charge < -0.3 is 9.64 Å². The van der Waals surface area contributed by atoms with Crippen LogP contribution in [0, 0.1) is 5.82 Å².